The number of aromatic carboxylic acids is 1. The smallest absolute Gasteiger partial charge is 0.337 e. The molecule has 0 saturated heterocycles. The Morgan fingerprint density at radius 1 is 1.53 bits per heavy atom. The van der Waals surface area contributed by atoms with Gasteiger partial charge in [-0.1, -0.05) is 6.07 Å². The molecule has 0 heterocycles. The largest absolute Gasteiger partial charge is 0.478 e. The van der Waals surface area contributed by atoms with Crippen molar-refractivity contribution in [2.75, 3.05) is 24.7 Å². The third kappa shape index (κ3) is 3.35. The predicted octanol–water partition coefficient (Wildman–Crippen LogP) is 1.80. The molecule has 1 aromatic carbocycles. The number of nitrogens with two attached hydrogens (primary N) is 1. The number of rotatable bonds is 5. The van der Waals surface area contributed by atoms with Gasteiger partial charge >= 0.3 is 5.97 Å². The van der Waals surface area contributed by atoms with Gasteiger partial charge in [0.15, 0.2) is 0 Å². The van der Waals surface area contributed by atoms with Crippen molar-refractivity contribution in [3.63, 3.8) is 0 Å². The third-order valence-corrected chi connectivity index (χ3v) is 2.57. The van der Waals surface area contributed by atoms with E-state index in [4.69, 9.17) is 15.6 Å². The van der Waals surface area contributed by atoms with E-state index in [1.165, 1.54) is 6.07 Å². The summed E-state index contributed by atoms with van der Waals surface area (Å²) in [6.07, 6.45) is 0. The van der Waals surface area contributed by atoms with Gasteiger partial charge in [-0.25, -0.2) is 4.79 Å². The molecule has 0 fully saturated rings. The summed E-state index contributed by atoms with van der Waals surface area (Å²) in [6.45, 7) is 4.27. The topological polar surface area (TPSA) is 84.6 Å². The maximum Gasteiger partial charge on any atom is 0.337 e. The van der Waals surface area contributed by atoms with E-state index >= 15 is 0 Å². The molecule has 94 valence electrons. The Kier molecular flexibility index (Phi) is 3.96. The standard InChI is InChI=1S/C12H18N2O3/c1-12(2,17-3)7-14-10-8(11(15)16)5-4-6-9(10)13/h4-6,14H,7,13H2,1-3H3,(H,15,16). The van der Waals surface area contributed by atoms with Crippen molar-refractivity contribution in [3.05, 3.63) is 23.8 Å². The van der Waals surface area contributed by atoms with Crippen LogP contribution in [0.25, 0.3) is 0 Å². The molecule has 5 heteroatoms. The molecular weight excluding hydrogens is 220 g/mol. The van der Waals surface area contributed by atoms with Crippen LogP contribution in [0.3, 0.4) is 0 Å². The van der Waals surface area contributed by atoms with E-state index < -0.39 is 11.6 Å². The van der Waals surface area contributed by atoms with Gasteiger partial charge in [0.1, 0.15) is 0 Å². The van der Waals surface area contributed by atoms with Gasteiger partial charge in [-0.3, -0.25) is 0 Å². The second-order valence-corrected chi connectivity index (χ2v) is 4.39. The zero-order valence-corrected chi connectivity index (χ0v) is 10.3. The van der Waals surface area contributed by atoms with Crippen LogP contribution in [-0.2, 0) is 4.74 Å². The van der Waals surface area contributed by atoms with Crippen molar-refractivity contribution in [1.29, 1.82) is 0 Å². The van der Waals surface area contributed by atoms with E-state index in [0.29, 0.717) is 17.9 Å². The molecule has 0 saturated carbocycles. The molecule has 0 unspecified atom stereocenters. The summed E-state index contributed by atoms with van der Waals surface area (Å²) in [5, 5.41) is 12.1. The number of nitrogen functional groups attached to an aromatic ring is 1. The molecule has 0 aliphatic carbocycles. The Bertz CT molecular complexity index is 416. The number of ether oxygens (including phenoxy) is 1. The highest BCUT2D eigenvalue weighted by Gasteiger charge is 2.19. The summed E-state index contributed by atoms with van der Waals surface area (Å²) in [5.74, 6) is -1.00. The number of hydrogen-bond donors (Lipinski definition) is 3. The zero-order valence-electron chi connectivity index (χ0n) is 10.3. The number of carboxylic acid groups (broad SMARTS) is 1. The van der Waals surface area contributed by atoms with E-state index in [2.05, 4.69) is 5.32 Å². The summed E-state index contributed by atoms with van der Waals surface area (Å²) in [6, 6.07) is 4.79. The lowest BCUT2D eigenvalue weighted by Crippen LogP contribution is -2.32. The van der Waals surface area contributed by atoms with Crippen LogP contribution >= 0.6 is 0 Å². The van der Waals surface area contributed by atoms with Gasteiger partial charge < -0.3 is 20.9 Å². The lowest BCUT2D eigenvalue weighted by molar-refractivity contribution is 0.0343. The molecule has 5 nitrogen and oxygen atoms in total. The Morgan fingerprint density at radius 3 is 2.71 bits per heavy atom. The molecule has 0 radical (unpaired) electrons. The van der Waals surface area contributed by atoms with Gasteiger partial charge in [0, 0.05) is 13.7 Å². The fourth-order valence-electron chi connectivity index (χ4n) is 1.32. The monoisotopic (exact) mass is 238 g/mol. The molecule has 0 amide bonds. The van der Waals surface area contributed by atoms with Gasteiger partial charge in [-0.15, -0.1) is 0 Å². The molecule has 1 aromatic rings. The Balaban J connectivity index is 2.94. The van der Waals surface area contributed by atoms with E-state index in [0.717, 1.165) is 0 Å². The number of hydrogen-bond acceptors (Lipinski definition) is 4. The summed E-state index contributed by atoms with van der Waals surface area (Å²) in [7, 11) is 1.61. The highest BCUT2D eigenvalue weighted by Crippen LogP contribution is 2.24. The first kappa shape index (κ1) is 13.3. The number of carboxylic acids is 1. The molecule has 1 rings (SSSR count). The van der Waals surface area contributed by atoms with Crippen molar-refractivity contribution in [1.82, 2.24) is 0 Å². The summed E-state index contributed by atoms with van der Waals surface area (Å²) in [5.41, 5.74) is 6.39. The van der Waals surface area contributed by atoms with Crippen LogP contribution < -0.4 is 11.1 Å². The van der Waals surface area contributed by atoms with E-state index in [1.54, 1.807) is 19.2 Å². The van der Waals surface area contributed by atoms with Crippen molar-refractivity contribution in [2.24, 2.45) is 0 Å². The Labute approximate surface area is 101 Å². The first-order chi connectivity index (χ1) is 7.87. The van der Waals surface area contributed by atoms with Crippen LogP contribution in [0.1, 0.15) is 24.2 Å². The SMILES string of the molecule is COC(C)(C)CNc1c(N)cccc1C(=O)O. The lowest BCUT2D eigenvalue weighted by Gasteiger charge is -2.24. The molecule has 0 spiro atoms. The quantitative estimate of drug-likeness (QED) is 0.681. The van der Waals surface area contributed by atoms with Gasteiger partial charge in [0.25, 0.3) is 0 Å². The van der Waals surface area contributed by atoms with Crippen LogP contribution in [0.5, 0.6) is 0 Å². The Hall–Kier alpha value is -1.75. The van der Waals surface area contributed by atoms with Crippen LogP contribution in [-0.4, -0.2) is 30.3 Å². The maximum atomic E-state index is 11.0. The first-order valence-corrected chi connectivity index (χ1v) is 5.28. The summed E-state index contributed by atoms with van der Waals surface area (Å²) in [4.78, 5) is 11.0. The van der Waals surface area contributed by atoms with Crippen LogP contribution in [0.4, 0.5) is 11.4 Å². The molecular formula is C12H18N2O3. The molecule has 0 atom stereocenters. The summed E-state index contributed by atoms with van der Waals surface area (Å²) < 4.78 is 5.25. The zero-order chi connectivity index (χ0) is 13.1. The second-order valence-electron chi connectivity index (χ2n) is 4.39. The highest BCUT2D eigenvalue weighted by atomic mass is 16.5. The minimum absolute atomic E-state index is 0.164. The second kappa shape index (κ2) is 5.05. The Morgan fingerprint density at radius 2 is 2.18 bits per heavy atom. The highest BCUT2D eigenvalue weighted by molar-refractivity contribution is 5.97. The predicted molar refractivity (Wildman–Crippen MR) is 67.4 cm³/mol. The average molecular weight is 238 g/mol. The normalized spacial score (nSPS) is 11.2. The average Bonchev–Trinajstić information content (AvgIpc) is 2.27. The van der Waals surface area contributed by atoms with Crippen molar-refractivity contribution in [2.45, 2.75) is 19.4 Å². The molecule has 0 bridgehead atoms. The van der Waals surface area contributed by atoms with E-state index in [9.17, 15) is 4.79 Å². The van der Waals surface area contributed by atoms with Gasteiger partial charge in [0.2, 0.25) is 0 Å². The minimum atomic E-state index is -1.00. The fraction of sp³-hybridized carbons (Fsp3) is 0.417. The van der Waals surface area contributed by atoms with E-state index in [1.807, 2.05) is 13.8 Å². The van der Waals surface area contributed by atoms with Gasteiger partial charge in [-0.05, 0) is 26.0 Å². The molecule has 0 aromatic heterocycles. The van der Waals surface area contributed by atoms with Gasteiger partial charge in [-0.2, -0.15) is 0 Å². The van der Waals surface area contributed by atoms with E-state index in [-0.39, 0.29) is 5.56 Å². The minimum Gasteiger partial charge on any atom is -0.478 e. The van der Waals surface area contributed by atoms with Crippen molar-refractivity contribution in [3.8, 4) is 0 Å². The number of nitrogens with one attached hydrogen (secondary N) is 1. The van der Waals surface area contributed by atoms with Crippen molar-refractivity contribution < 1.29 is 14.6 Å². The maximum absolute atomic E-state index is 11.0. The van der Waals surface area contributed by atoms with Crippen molar-refractivity contribution >= 4 is 17.3 Å². The fourth-order valence-corrected chi connectivity index (χ4v) is 1.32. The lowest BCUT2D eigenvalue weighted by atomic mass is 10.1. The van der Waals surface area contributed by atoms with Gasteiger partial charge in [0.05, 0.1) is 22.5 Å². The van der Waals surface area contributed by atoms with Crippen LogP contribution in [0.15, 0.2) is 18.2 Å². The number of methoxy groups -OCH3 is 1. The number of anilines is 2. The third-order valence-electron chi connectivity index (χ3n) is 2.57. The van der Waals surface area contributed by atoms with Crippen LogP contribution in [0, 0.1) is 0 Å². The summed E-state index contributed by atoms with van der Waals surface area (Å²) >= 11 is 0. The van der Waals surface area contributed by atoms with Crippen LogP contribution in [0.2, 0.25) is 0 Å². The first-order valence-electron chi connectivity index (χ1n) is 5.28. The number of carbonyl (C=O) groups is 1. The number of para-hydroxylation sites is 1. The molecule has 0 aliphatic heterocycles. The number of benzene rings is 1. The molecule has 17 heavy (non-hydrogen) atoms. The molecule has 0 aliphatic rings. The molecule has 4 N–H and O–H groups in total.